The summed E-state index contributed by atoms with van der Waals surface area (Å²) in [6, 6.07) is -1.52. The molecule has 0 radical (unpaired) electrons. The Labute approximate surface area is 302 Å². The second kappa shape index (κ2) is 33.8. The van der Waals surface area contributed by atoms with Crippen molar-refractivity contribution < 1.29 is 47.5 Å². The highest BCUT2D eigenvalue weighted by molar-refractivity contribution is 7.47. The molecule has 12 heteroatoms. The first-order valence-corrected chi connectivity index (χ1v) is 20.5. The number of aliphatic carboxylic acids is 1. The zero-order chi connectivity index (χ0) is 37.1. The minimum Gasteiger partial charge on any atom is -0.480 e. The van der Waals surface area contributed by atoms with Crippen LogP contribution in [0.25, 0.3) is 0 Å². The minimum absolute atomic E-state index is 0.142. The van der Waals surface area contributed by atoms with E-state index in [0.717, 1.165) is 77.0 Å². The first-order chi connectivity index (χ1) is 24.1. The van der Waals surface area contributed by atoms with E-state index in [9.17, 15) is 23.8 Å². The van der Waals surface area contributed by atoms with Gasteiger partial charge in [-0.05, 0) is 57.8 Å². The fourth-order valence-corrected chi connectivity index (χ4v) is 5.58. The second-order valence-electron chi connectivity index (χ2n) is 12.7. The van der Waals surface area contributed by atoms with Crippen molar-refractivity contribution in [3.63, 3.8) is 0 Å². The van der Waals surface area contributed by atoms with Gasteiger partial charge in [-0.2, -0.15) is 0 Å². The Morgan fingerprint density at radius 2 is 1.08 bits per heavy atom. The zero-order valence-corrected chi connectivity index (χ0v) is 31.9. The molecule has 0 saturated carbocycles. The van der Waals surface area contributed by atoms with Crippen LogP contribution in [0, 0.1) is 0 Å². The SMILES string of the molecule is CCCC/C=C/CCCCCCCC(=O)OC[C@H](COP(=O)(O)OC[C@H](N)C(=O)O)OC(=O)CCCCCCC/C=C/C=C/CCCCCC. The number of hydrogen-bond donors (Lipinski definition) is 3. The molecule has 11 nitrogen and oxygen atoms in total. The van der Waals surface area contributed by atoms with Gasteiger partial charge in [-0.3, -0.25) is 23.4 Å². The molecule has 0 aliphatic rings. The van der Waals surface area contributed by atoms with Gasteiger partial charge in [0, 0.05) is 12.8 Å². The molecule has 50 heavy (non-hydrogen) atoms. The molecule has 1 unspecified atom stereocenters. The van der Waals surface area contributed by atoms with Gasteiger partial charge in [0.15, 0.2) is 6.10 Å². The van der Waals surface area contributed by atoms with E-state index in [-0.39, 0.29) is 19.4 Å². The Morgan fingerprint density at radius 1 is 0.620 bits per heavy atom. The molecular weight excluding hydrogens is 661 g/mol. The standard InChI is InChI=1S/C38H68NO10P/c1-3-5-7-9-11-13-15-16-17-18-20-22-24-26-28-30-37(41)49-34(32-47-50(44,45)48-33-35(39)38(42)43)31-46-36(40)29-27-25-23-21-19-14-12-10-8-6-4-2/h10,12-13,15-17,34-35H,3-9,11,14,18-33,39H2,1-2H3,(H,42,43)(H,44,45)/b12-10+,15-13+,17-16+/t34-,35+/m1/s1. The smallest absolute Gasteiger partial charge is 0.472 e. The molecule has 0 spiro atoms. The summed E-state index contributed by atoms with van der Waals surface area (Å²) in [6.07, 6.45) is 33.6. The Morgan fingerprint density at radius 3 is 1.64 bits per heavy atom. The van der Waals surface area contributed by atoms with E-state index in [0.29, 0.717) is 12.8 Å². The van der Waals surface area contributed by atoms with Gasteiger partial charge in [0.25, 0.3) is 0 Å². The summed E-state index contributed by atoms with van der Waals surface area (Å²) in [6.45, 7) is 2.69. The van der Waals surface area contributed by atoms with Crippen LogP contribution in [-0.4, -0.2) is 59.9 Å². The predicted octanol–water partition coefficient (Wildman–Crippen LogP) is 9.28. The van der Waals surface area contributed by atoms with E-state index in [4.69, 9.17) is 24.8 Å². The zero-order valence-electron chi connectivity index (χ0n) is 31.0. The van der Waals surface area contributed by atoms with Gasteiger partial charge in [-0.25, -0.2) is 4.57 Å². The van der Waals surface area contributed by atoms with E-state index in [1.807, 2.05) is 0 Å². The van der Waals surface area contributed by atoms with Crippen molar-refractivity contribution in [1.29, 1.82) is 0 Å². The highest BCUT2D eigenvalue weighted by atomic mass is 31.2. The van der Waals surface area contributed by atoms with Crippen LogP contribution in [-0.2, 0) is 37.5 Å². The number of carboxylic acids is 1. The van der Waals surface area contributed by atoms with Crippen LogP contribution in [0.4, 0.5) is 0 Å². The fraction of sp³-hybridized carbons (Fsp3) is 0.763. The highest BCUT2D eigenvalue weighted by Gasteiger charge is 2.28. The lowest BCUT2D eigenvalue weighted by molar-refractivity contribution is -0.161. The molecule has 290 valence electrons. The summed E-state index contributed by atoms with van der Waals surface area (Å²) in [5.74, 6) is -2.42. The van der Waals surface area contributed by atoms with E-state index in [2.05, 4.69) is 54.8 Å². The van der Waals surface area contributed by atoms with Crippen LogP contribution in [0.1, 0.15) is 155 Å². The van der Waals surface area contributed by atoms with Crippen LogP contribution in [0.15, 0.2) is 36.5 Å². The third-order valence-electron chi connectivity index (χ3n) is 7.89. The van der Waals surface area contributed by atoms with Crippen molar-refractivity contribution in [1.82, 2.24) is 0 Å². The Balaban J connectivity index is 4.49. The average Bonchev–Trinajstić information content (AvgIpc) is 3.09. The van der Waals surface area contributed by atoms with Crippen molar-refractivity contribution in [2.75, 3.05) is 19.8 Å². The van der Waals surface area contributed by atoms with Crippen molar-refractivity contribution in [3.8, 4) is 0 Å². The van der Waals surface area contributed by atoms with Gasteiger partial charge in [-0.15, -0.1) is 0 Å². The van der Waals surface area contributed by atoms with Gasteiger partial charge in [0.2, 0.25) is 0 Å². The maximum absolute atomic E-state index is 12.5. The molecule has 0 aromatic carbocycles. The lowest BCUT2D eigenvalue weighted by Gasteiger charge is -2.20. The largest absolute Gasteiger partial charge is 0.480 e. The molecule has 0 aromatic rings. The number of ether oxygens (including phenoxy) is 2. The summed E-state index contributed by atoms with van der Waals surface area (Å²) < 4.78 is 32.5. The molecule has 4 N–H and O–H groups in total. The molecule has 0 amide bonds. The summed E-state index contributed by atoms with van der Waals surface area (Å²) in [7, 11) is -4.71. The number of unbranched alkanes of at least 4 members (excludes halogenated alkanes) is 16. The minimum atomic E-state index is -4.71. The van der Waals surface area contributed by atoms with Crippen LogP contribution >= 0.6 is 7.82 Å². The topological polar surface area (TPSA) is 172 Å². The van der Waals surface area contributed by atoms with Gasteiger partial charge in [-0.1, -0.05) is 121 Å². The van der Waals surface area contributed by atoms with Gasteiger partial charge < -0.3 is 25.2 Å². The van der Waals surface area contributed by atoms with Gasteiger partial charge >= 0.3 is 25.7 Å². The average molecular weight is 730 g/mol. The van der Waals surface area contributed by atoms with Gasteiger partial charge in [0.1, 0.15) is 12.6 Å². The molecule has 0 aromatic heterocycles. The van der Waals surface area contributed by atoms with Crippen LogP contribution in [0.2, 0.25) is 0 Å². The van der Waals surface area contributed by atoms with E-state index in [1.165, 1.54) is 38.5 Å². The number of allylic oxidation sites excluding steroid dienone is 6. The lowest BCUT2D eigenvalue weighted by Crippen LogP contribution is -2.34. The molecule has 0 saturated heterocycles. The molecule has 0 aliphatic heterocycles. The Hall–Kier alpha value is -2.30. The van der Waals surface area contributed by atoms with Crippen LogP contribution < -0.4 is 5.73 Å². The second-order valence-corrected chi connectivity index (χ2v) is 14.2. The molecule has 0 fully saturated rings. The Bertz CT molecular complexity index is 1000. The maximum Gasteiger partial charge on any atom is 0.472 e. The molecule has 0 heterocycles. The number of carbonyl (C=O) groups excluding carboxylic acids is 2. The molecule has 0 aliphatic carbocycles. The first kappa shape index (κ1) is 47.7. The van der Waals surface area contributed by atoms with E-state index in [1.54, 1.807) is 0 Å². The number of esters is 2. The van der Waals surface area contributed by atoms with E-state index < -0.39 is 51.1 Å². The highest BCUT2D eigenvalue weighted by Crippen LogP contribution is 2.43. The number of nitrogens with two attached hydrogens (primary N) is 1. The number of carboxylic acid groups (broad SMARTS) is 1. The fourth-order valence-electron chi connectivity index (χ4n) is 4.80. The molecular formula is C38H68NO10P. The number of phosphoric acid groups is 1. The molecule has 0 bridgehead atoms. The summed E-state index contributed by atoms with van der Waals surface area (Å²) in [5, 5.41) is 8.85. The number of rotatable bonds is 35. The lowest BCUT2D eigenvalue weighted by atomic mass is 10.1. The van der Waals surface area contributed by atoms with Gasteiger partial charge in [0.05, 0.1) is 13.2 Å². The summed E-state index contributed by atoms with van der Waals surface area (Å²) in [5.41, 5.74) is 5.31. The van der Waals surface area contributed by atoms with E-state index >= 15 is 0 Å². The van der Waals surface area contributed by atoms with Crippen molar-refractivity contribution >= 4 is 25.7 Å². The monoisotopic (exact) mass is 729 g/mol. The molecule has 0 rings (SSSR count). The predicted molar refractivity (Wildman–Crippen MR) is 199 cm³/mol. The van der Waals surface area contributed by atoms with Crippen molar-refractivity contribution in [2.45, 2.75) is 167 Å². The first-order valence-electron chi connectivity index (χ1n) is 19.0. The maximum atomic E-state index is 12.5. The van der Waals surface area contributed by atoms with Crippen LogP contribution in [0.5, 0.6) is 0 Å². The third kappa shape index (κ3) is 32.9. The summed E-state index contributed by atoms with van der Waals surface area (Å²) in [4.78, 5) is 45.7. The summed E-state index contributed by atoms with van der Waals surface area (Å²) >= 11 is 0. The normalized spacial score (nSPS) is 14.3. The van der Waals surface area contributed by atoms with Crippen molar-refractivity contribution in [2.24, 2.45) is 5.73 Å². The molecule has 3 atom stereocenters. The quantitative estimate of drug-likeness (QED) is 0.0187. The van der Waals surface area contributed by atoms with Crippen LogP contribution in [0.3, 0.4) is 0 Å². The number of hydrogen-bond acceptors (Lipinski definition) is 9. The number of phosphoric ester groups is 1. The number of carbonyl (C=O) groups is 3. The van der Waals surface area contributed by atoms with Crippen molar-refractivity contribution in [3.05, 3.63) is 36.5 Å². The third-order valence-corrected chi connectivity index (χ3v) is 8.84. The Kier molecular flexibility index (Phi) is 32.3.